The van der Waals surface area contributed by atoms with Crippen LogP contribution in [0.3, 0.4) is 0 Å². The summed E-state index contributed by atoms with van der Waals surface area (Å²) in [6.45, 7) is 5.21. The molecule has 1 heterocycles. The average molecular weight is 369 g/mol. The fourth-order valence-electron chi connectivity index (χ4n) is 2.16. The summed E-state index contributed by atoms with van der Waals surface area (Å²) in [5, 5.41) is 8.03. The molecule has 0 aliphatic heterocycles. The van der Waals surface area contributed by atoms with Crippen LogP contribution in [-0.4, -0.2) is 9.78 Å². The summed E-state index contributed by atoms with van der Waals surface area (Å²) < 4.78 is 3.17. The second kappa shape index (κ2) is 6.52. The summed E-state index contributed by atoms with van der Waals surface area (Å²) >= 11 is 2.33. The van der Waals surface area contributed by atoms with Gasteiger partial charge in [0.2, 0.25) is 0 Å². The average Bonchev–Trinajstić information content (AvgIpc) is 2.77. The molecule has 0 aliphatic rings. The first-order chi connectivity index (χ1) is 9.10. The first kappa shape index (κ1) is 14.5. The highest BCUT2D eigenvalue weighted by molar-refractivity contribution is 14.1. The lowest BCUT2D eigenvalue weighted by Gasteiger charge is -2.14. The number of nitrogens with zero attached hydrogens (tertiary/aromatic N) is 2. The minimum atomic E-state index is 0.349. The molecule has 0 radical (unpaired) electrons. The maximum Gasteiger partial charge on any atom is 0.0666 e. The van der Waals surface area contributed by atoms with Gasteiger partial charge in [0, 0.05) is 35.0 Å². The molecule has 0 fully saturated rings. The largest absolute Gasteiger partial charge is 0.306 e. The van der Waals surface area contributed by atoms with Crippen LogP contribution in [0, 0.1) is 3.57 Å². The van der Waals surface area contributed by atoms with E-state index in [-0.39, 0.29) is 0 Å². The van der Waals surface area contributed by atoms with Crippen molar-refractivity contribution in [2.75, 3.05) is 0 Å². The SMILES string of the molecule is CCc1nn(C)cc1CNC(C)c1ccc(I)cc1. The quantitative estimate of drug-likeness (QED) is 0.819. The van der Waals surface area contributed by atoms with E-state index in [0.717, 1.165) is 13.0 Å². The molecule has 2 rings (SSSR count). The molecule has 3 nitrogen and oxygen atoms in total. The van der Waals surface area contributed by atoms with E-state index >= 15 is 0 Å². The smallest absolute Gasteiger partial charge is 0.0666 e. The number of hydrogen-bond donors (Lipinski definition) is 1. The number of benzene rings is 1. The zero-order valence-electron chi connectivity index (χ0n) is 11.7. The van der Waals surface area contributed by atoms with Gasteiger partial charge in [-0.05, 0) is 53.6 Å². The molecule has 0 spiro atoms. The summed E-state index contributed by atoms with van der Waals surface area (Å²) in [5.74, 6) is 0. The lowest BCUT2D eigenvalue weighted by Crippen LogP contribution is -2.18. The Balaban J connectivity index is 1.99. The molecule has 1 N–H and O–H groups in total. The summed E-state index contributed by atoms with van der Waals surface area (Å²) in [4.78, 5) is 0. The Morgan fingerprint density at radius 3 is 2.63 bits per heavy atom. The Kier molecular flexibility index (Phi) is 4.99. The maximum absolute atomic E-state index is 4.47. The Morgan fingerprint density at radius 2 is 2.00 bits per heavy atom. The normalized spacial score (nSPS) is 12.6. The number of aromatic nitrogens is 2. The van der Waals surface area contributed by atoms with Crippen molar-refractivity contribution in [3.8, 4) is 0 Å². The predicted molar refractivity (Wildman–Crippen MR) is 87.0 cm³/mol. The van der Waals surface area contributed by atoms with E-state index in [0.29, 0.717) is 6.04 Å². The van der Waals surface area contributed by atoms with Crippen molar-refractivity contribution >= 4 is 22.6 Å². The molecule has 0 bridgehead atoms. The van der Waals surface area contributed by atoms with Crippen molar-refractivity contribution in [3.05, 3.63) is 50.9 Å². The van der Waals surface area contributed by atoms with E-state index in [1.807, 2.05) is 11.7 Å². The third-order valence-corrected chi connectivity index (χ3v) is 4.01. The molecular formula is C15H20IN3. The monoisotopic (exact) mass is 369 g/mol. The second-order valence-electron chi connectivity index (χ2n) is 4.78. The van der Waals surface area contributed by atoms with Crippen LogP contribution < -0.4 is 5.32 Å². The minimum Gasteiger partial charge on any atom is -0.306 e. The molecule has 102 valence electrons. The van der Waals surface area contributed by atoms with E-state index in [1.165, 1.54) is 20.4 Å². The van der Waals surface area contributed by atoms with Gasteiger partial charge >= 0.3 is 0 Å². The highest BCUT2D eigenvalue weighted by Crippen LogP contribution is 2.16. The highest BCUT2D eigenvalue weighted by Gasteiger charge is 2.09. The third kappa shape index (κ3) is 3.79. The summed E-state index contributed by atoms with van der Waals surface area (Å²) in [6, 6.07) is 9.01. The van der Waals surface area contributed by atoms with Gasteiger partial charge in [0.25, 0.3) is 0 Å². The molecule has 0 amide bonds. The van der Waals surface area contributed by atoms with Gasteiger partial charge in [0.05, 0.1) is 5.69 Å². The van der Waals surface area contributed by atoms with Crippen molar-refractivity contribution < 1.29 is 0 Å². The summed E-state index contributed by atoms with van der Waals surface area (Å²) in [6.07, 6.45) is 3.09. The van der Waals surface area contributed by atoms with Crippen molar-refractivity contribution in [2.45, 2.75) is 32.9 Å². The van der Waals surface area contributed by atoms with Crippen LogP contribution in [0.2, 0.25) is 0 Å². The number of hydrogen-bond acceptors (Lipinski definition) is 2. The van der Waals surface area contributed by atoms with E-state index in [4.69, 9.17) is 0 Å². The molecule has 1 unspecified atom stereocenters. The van der Waals surface area contributed by atoms with Crippen LogP contribution >= 0.6 is 22.6 Å². The molecule has 1 atom stereocenters. The third-order valence-electron chi connectivity index (χ3n) is 3.30. The number of nitrogens with one attached hydrogen (secondary N) is 1. The topological polar surface area (TPSA) is 29.9 Å². The molecular weight excluding hydrogens is 349 g/mol. The number of aryl methyl sites for hydroxylation is 2. The van der Waals surface area contributed by atoms with Gasteiger partial charge in [-0.25, -0.2) is 0 Å². The number of rotatable bonds is 5. The lowest BCUT2D eigenvalue weighted by molar-refractivity contribution is 0.572. The van der Waals surface area contributed by atoms with Crippen LogP contribution in [0.1, 0.15) is 36.7 Å². The van der Waals surface area contributed by atoms with Crippen molar-refractivity contribution in [1.82, 2.24) is 15.1 Å². The van der Waals surface area contributed by atoms with Gasteiger partial charge in [0.15, 0.2) is 0 Å². The van der Waals surface area contributed by atoms with E-state index in [9.17, 15) is 0 Å². The van der Waals surface area contributed by atoms with Crippen LogP contribution in [-0.2, 0) is 20.0 Å². The maximum atomic E-state index is 4.47. The highest BCUT2D eigenvalue weighted by atomic mass is 127. The fourth-order valence-corrected chi connectivity index (χ4v) is 2.52. The zero-order chi connectivity index (χ0) is 13.8. The molecule has 0 saturated heterocycles. The molecule has 19 heavy (non-hydrogen) atoms. The zero-order valence-corrected chi connectivity index (χ0v) is 13.8. The standard InChI is InChI=1S/C15H20IN3/c1-4-15-13(10-19(3)18-15)9-17-11(2)12-5-7-14(16)8-6-12/h5-8,10-11,17H,4,9H2,1-3H3. The van der Waals surface area contributed by atoms with Crippen LogP contribution in [0.4, 0.5) is 0 Å². The van der Waals surface area contributed by atoms with Gasteiger partial charge < -0.3 is 5.32 Å². The van der Waals surface area contributed by atoms with Gasteiger partial charge in [0.1, 0.15) is 0 Å². The Bertz CT molecular complexity index is 531. The van der Waals surface area contributed by atoms with E-state index in [2.05, 4.69) is 77.3 Å². The first-order valence-corrected chi connectivity index (χ1v) is 7.68. The summed E-state index contributed by atoms with van der Waals surface area (Å²) in [5.41, 5.74) is 3.80. The molecule has 4 heteroatoms. The van der Waals surface area contributed by atoms with E-state index in [1.54, 1.807) is 0 Å². The molecule has 0 saturated carbocycles. The Labute approximate surface area is 128 Å². The van der Waals surface area contributed by atoms with Crippen LogP contribution in [0.5, 0.6) is 0 Å². The molecule has 2 aromatic rings. The number of halogens is 1. The minimum absolute atomic E-state index is 0.349. The molecule has 1 aromatic heterocycles. The van der Waals surface area contributed by atoms with Gasteiger partial charge in [-0.15, -0.1) is 0 Å². The van der Waals surface area contributed by atoms with Gasteiger partial charge in [-0.1, -0.05) is 19.1 Å². The lowest BCUT2D eigenvalue weighted by atomic mass is 10.1. The van der Waals surface area contributed by atoms with Crippen LogP contribution in [0.15, 0.2) is 30.5 Å². The van der Waals surface area contributed by atoms with Crippen LogP contribution in [0.25, 0.3) is 0 Å². The summed E-state index contributed by atoms with van der Waals surface area (Å²) in [7, 11) is 1.98. The predicted octanol–water partition coefficient (Wildman–Crippen LogP) is 3.44. The Morgan fingerprint density at radius 1 is 1.32 bits per heavy atom. The van der Waals surface area contributed by atoms with Gasteiger partial charge in [-0.3, -0.25) is 4.68 Å². The second-order valence-corrected chi connectivity index (χ2v) is 6.03. The fraction of sp³-hybridized carbons (Fsp3) is 0.400. The Hall–Kier alpha value is -0.880. The van der Waals surface area contributed by atoms with Crippen molar-refractivity contribution in [3.63, 3.8) is 0 Å². The van der Waals surface area contributed by atoms with Gasteiger partial charge in [-0.2, -0.15) is 5.10 Å². The first-order valence-electron chi connectivity index (χ1n) is 6.60. The molecule has 0 aliphatic carbocycles. The molecule has 1 aromatic carbocycles. The van der Waals surface area contributed by atoms with Crippen molar-refractivity contribution in [2.24, 2.45) is 7.05 Å². The van der Waals surface area contributed by atoms with E-state index < -0.39 is 0 Å². The van der Waals surface area contributed by atoms with Crippen molar-refractivity contribution in [1.29, 1.82) is 0 Å².